The lowest BCUT2D eigenvalue weighted by molar-refractivity contribution is 0.0112. The summed E-state index contributed by atoms with van der Waals surface area (Å²) in [6.07, 6.45) is 9.78. The summed E-state index contributed by atoms with van der Waals surface area (Å²) in [6.45, 7) is 0. The third-order valence-corrected chi connectivity index (χ3v) is 4.80. The van der Waals surface area contributed by atoms with Crippen molar-refractivity contribution < 1.29 is 9.47 Å². The molecule has 2 N–H and O–H groups in total. The molecule has 1 aromatic rings. The molecule has 3 nitrogen and oxygen atoms in total. The molecule has 1 spiro atoms. The topological polar surface area (TPSA) is 44.5 Å². The quantitative estimate of drug-likeness (QED) is 0.843. The van der Waals surface area contributed by atoms with Gasteiger partial charge in [-0.1, -0.05) is 19.3 Å². The van der Waals surface area contributed by atoms with Crippen molar-refractivity contribution in [2.45, 2.75) is 63.0 Å². The molecule has 3 heteroatoms. The second-order valence-corrected chi connectivity index (χ2v) is 6.27. The van der Waals surface area contributed by atoms with E-state index in [0.29, 0.717) is 0 Å². The third kappa shape index (κ3) is 2.64. The molecule has 110 valence electrons. The Kier molecular flexibility index (Phi) is 3.88. The fourth-order valence-corrected chi connectivity index (χ4v) is 3.68. The summed E-state index contributed by atoms with van der Waals surface area (Å²) in [4.78, 5) is 0. The van der Waals surface area contributed by atoms with Crippen LogP contribution in [0.2, 0.25) is 0 Å². The van der Waals surface area contributed by atoms with Gasteiger partial charge in [-0.25, -0.2) is 0 Å². The zero-order chi connectivity index (χ0) is 14.0. The maximum atomic E-state index is 6.43. The lowest BCUT2D eigenvalue weighted by atomic mass is 9.79. The Morgan fingerprint density at radius 2 is 1.85 bits per heavy atom. The monoisotopic (exact) mass is 275 g/mol. The van der Waals surface area contributed by atoms with E-state index in [9.17, 15) is 0 Å². The Hall–Kier alpha value is -1.22. The first-order valence-corrected chi connectivity index (χ1v) is 7.85. The number of methoxy groups -OCH3 is 1. The van der Waals surface area contributed by atoms with Gasteiger partial charge >= 0.3 is 0 Å². The summed E-state index contributed by atoms with van der Waals surface area (Å²) in [5, 5.41) is 0. The fraction of sp³-hybridized carbons (Fsp3) is 0.647. The Balaban J connectivity index is 1.87. The van der Waals surface area contributed by atoms with Crippen LogP contribution < -0.4 is 15.2 Å². The van der Waals surface area contributed by atoms with E-state index < -0.39 is 0 Å². The maximum absolute atomic E-state index is 6.43. The first-order valence-electron chi connectivity index (χ1n) is 7.85. The summed E-state index contributed by atoms with van der Waals surface area (Å²) < 4.78 is 11.7. The van der Waals surface area contributed by atoms with E-state index in [1.54, 1.807) is 7.11 Å². The smallest absolute Gasteiger partial charge is 0.125 e. The average Bonchev–Trinajstić information content (AvgIpc) is 2.43. The second-order valence-electron chi connectivity index (χ2n) is 6.27. The van der Waals surface area contributed by atoms with Crippen LogP contribution in [0.15, 0.2) is 18.2 Å². The molecule has 1 aliphatic heterocycles. The fourth-order valence-electron chi connectivity index (χ4n) is 3.68. The molecule has 1 saturated carbocycles. The van der Waals surface area contributed by atoms with Gasteiger partial charge in [-0.05, 0) is 43.9 Å². The van der Waals surface area contributed by atoms with E-state index in [1.807, 2.05) is 18.2 Å². The Morgan fingerprint density at radius 1 is 1.15 bits per heavy atom. The highest BCUT2D eigenvalue weighted by Crippen LogP contribution is 2.45. The molecule has 1 atom stereocenters. The highest BCUT2D eigenvalue weighted by atomic mass is 16.5. The summed E-state index contributed by atoms with van der Waals surface area (Å²) >= 11 is 0. The van der Waals surface area contributed by atoms with E-state index in [4.69, 9.17) is 15.2 Å². The van der Waals surface area contributed by atoms with E-state index in [0.717, 1.165) is 36.3 Å². The van der Waals surface area contributed by atoms with Crippen molar-refractivity contribution in [3.05, 3.63) is 23.8 Å². The van der Waals surface area contributed by atoms with Crippen LogP contribution >= 0.6 is 0 Å². The van der Waals surface area contributed by atoms with Gasteiger partial charge in [-0.2, -0.15) is 0 Å². The lowest BCUT2D eigenvalue weighted by Gasteiger charge is -2.42. The van der Waals surface area contributed by atoms with Gasteiger partial charge in [0.25, 0.3) is 0 Å². The summed E-state index contributed by atoms with van der Waals surface area (Å²) in [5.41, 5.74) is 7.50. The minimum Gasteiger partial charge on any atom is -0.497 e. The van der Waals surface area contributed by atoms with Gasteiger partial charge in [-0.15, -0.1) is 0 Å². The van der Waals surface area contributed by atoms with Gasteiger partial charge in [0.05, 0.1) is 7.11 Å². The van der Waals surface area contributed by atoms with Crippen LogP contribution in [0.1, 0.15) is 63.0 Å². The number of hydrogen-bond donors (Lipinski definition) is 1. The molecule has 1 aliphatic carbocycles. The molecule has 0 aromatic heterocycles. The highest BCUT2D eigenvalue weighted by molar-refractivity contribution is 5.44. The zero-order valence-electron chi connectivity index (χ0n) is 12.4. The number of benzene rings is 1. The summed E-state index contributed by atoms with van der Waals surface area (Å²) in [6, 6.07) is 6.07. The molecule has 1 aromatic carbocycles. The van der Waals surface area contributed by atoms with Gasteiger partial charge in [0.2, 0.25) is 0 Å². The summed E-state index contributed by atoms with van der Waals surface area (Å²) in [5.74, 6) is 1.82. The molecule has 3 rings (SSSR count). The van der Waals surface area contributed by atoms with Crippen molar-refractivity contribution in [2.75, 3.05) is 7.11 Å². The van der Waals surface area contributed by atoms with Gasteiger partial charge in [-0.3, -0.25) is 0 Å². The van der Waals surface area contributed by atoms with Crippen molar-refractivity contribution in [1.29, 1.82) is 0 Å². The maximum Gasteiger partial charge on any atom is 0.125 e. The number of hydrogen-bond acceptors (Lipinski definition) is 3. The van der Waals surface area contributed by atoms with E-state index >= 15 is 0 Å². The molecular formula is C17H25NO2. The van der Waals surface area contributed by atoms with E-state index in [-0.39, 0.29) is 11.6 Å². The van der Waals surface area contributed by atoms with E-state index in [2.05, 4.69) is 0 Å². The van der Waals surface area contributed by atoms with Crippen LogP contribution in [-0.2, 0) is 0 Å². The Labute approximate surface area is 121 Å². The van der Waals surface area contributed by atoms with Crippen molar-refractivity contribution in [2.24, 2.45) is 5.73 Å². The number of fused-ring (bicyclic) bond motifs is 1. The van der Waals surface area contributed by atoms with Crippen molar-refractivity contribution in [3.63, 3.8) is 0 Å². The molecular weight excluding hydrogens is 250 g/mol. The van der Waals surface area contributed by atoms with Gasteiger partial charge in [0.1, 0.15) is 17.1 Å². The van der Waals surface area contributed by atoms with Crippen molar-refractivity contribution in [3.8, 4) is 11.5 Å². The largest absolute Gasteiger partial charge is 0.497 e. The molecule has 2 aliphatic rings. The molecule has 20 heavy (non-hydrogen) atoms. The number of nitrogens with two attached hydrogens (primary N) is 1. The molecule has 0 bridgehead atoms. The van der Waals surface area contributed by atoms with Crippen LogP contribution in [0.3, 0.4) is 0 Å². The van der Waals surface area contributed by atoms with Crippen LogP contribution in [-0.4, -0.2) is 12.7 Å². The summed E-state index contributed by atoms with van der Waals surface area (Å²) in [7, 11) is 1.69. The zero-order valence-corrected chi connectivity index (χ0v) is 12.4. The normalized spacial score (nSPS) is 25.2. The third-order valence-electron chi connectivity index (χ3n) is 4.80. The molecule has 0 radical (unpaired) electrons. The van der Waals surface area contributed by atoms with Crippen molar-refractivity contribution >= 4 is 0 Å². The molecule has 0 amide bonds. The number of rotatable bonds is 1. The number of ether oxygens (including phenoxy) is 2. The second kappa shape index (κ2) is 5.65. The predicted molar refractivity (Wildman–Crippen MR) is 80.2 cm³/mol. The SMILES string of the molecule is COc1ccc2c(c1)[C@@H](N)CC1(CCCCCCC1)O2. The van der Waals surface area contributed by atoms with Crippen LogP contribution in [0.4, 0.5) is 0 Å². The first kappa shape index (κ1) is 13.7. The minimum atomic E-state index is -0.0264. The van der Waals surface area contributed by atoms with Crippen LogP contribution in [0, 0.1) is 0 Å². The van der Waals surface area contributed by atoms with Crippen molar-refractivity contribution in [1.82, 2.24) is 0 Å². The average molecular weight is 275 g/mol. The molecule has 1 fully saturated rings. The minimum absolute atomic E-state index is 0.0264. The Morgan fingerprint density at radius 3 is 2.55 bits per heavy atom. The van der Waals surface area contributed by atoms with E-state index in [1.165, 1.54) is 32.1 Å². The highest BCUT2D eigenvalue weighted by Gasteiger charge is 2.39. The molecule has 1 heterocycles. The predicted octanol–water partition coefficient (Wildman–Crippen LogP) is 3.96. The van der Waals surface area contributed by atoms with Crippen LogP contribution in [0.25, 0.3) is 0 Å². The Bertz CT molecular complexity index is 464. The van der Waals surface area contributed by atoms with Gasteiger partial charge < -0.3 is 15.2 Å². The van der Waals surface area contributed by atoms with Crippen LogP contribution in [0.5, 0.6) is 11.5 Å². The first-order chi connectivity index (χ1) is 9.72. The molecule has 0 unspecified atom stereocenters. The van der Waals surface area contributed by atoms with Gasteiger partial charge in [0.15, 0.2) is 0 Å². The van der Waals surface area contributed by atoms with Gasteiger partial charge in [0, 0.05) is 18.0 Å². The lowest BCUT2D eigenvalue weighted by Crippen LogP contribution is -2.43. The molecule has 0 saturated heterocycles. The standard InChI is InChI=1S/C17H25NO2/c1-19-13-7-8-16-14(11-13)15(18)12-17(20-16)9-5-3-2-4-6-10-17/h7-8,11,15H,2-6,9-10,12,18H2,1H3/t15-/m0/s1.